The number of halogens is 1. The molecule has 1 unspecified atom stereocenters. The zero-order valence-corrected chi connectivity index (χ0v) is 12.4. The molecule has 0 aromatic heterocycles. The maximum absolute atomic E-state index is 14.1. The number of rotatable bonds is 5. The van der Waals surface area contributed by atoms with E-state index in [9.17, 15) is 18.8 Å². The molecular weight excluding hydrogens is 311 g/mol. The fraction of sp³-hybridized carbons (Fsp3) is 0.357. The van der Waals surface area contributed by atoms with E-state index in [0.717, 1.165) is 11.8 Å². The Labute approximate surface area is 130 Å². The van der Waals surface area contributed by atoms with Crippen LogP contribution in [-0.4, -0.2) is 52.3 Å². The average molecular weight is 326 g/mol. The summed E-state index contributed by atoms with van der Waals surface area (Å²) in [5, 5.41) is 8.87. The molecule has 0 radical (unpaired) electrons. The second-order valence-corrected chi connectivity index (χ2v) is 6.02. The van der Waals surface area contributed by atoms with Crippen molar-refractivity contribution >= 4 is 29.5 Å². The Morgan fingerprint density at radius 3 is 2.64 bits per heavy atom. The van der Waals surface area contributed by atoms with E-state index < -0.39 is 30.0 Å². The lowest BCUT2D eigenvalue weighted by Crippen LogP contribution is -2.39. The van der Waals surface area contributed by atoms with Crippen LogP contribution in [0.2, 0.25) is 0 Å². The summed E-state index contributed by atoms with van der Waals surface area (Å²) in [6, 6.07) is 6.58. The highest BCUT2D eigenvalue weighted by atomic mass is 32.2. The van der Waals surface area contributed by atoms with E-state index in [0.29, 0.717) is 10.5 Å². The molecule has 0 aliphatic carbocycles. The number of hydrogen-bond acceptors (Lipinski definition) is 4. The molecule has 1 aliphatic rings. The van der Waals surface area contributed by atoms with E-state index in [1.165, 1.54) is 4.90 Å². The first kappa shape index (κ1) is 16.3. The maximum Gasteiger partial charge on any atom is 0.343 e. The third-order valence-corrected chi connectivity index (χ3v) is 4.47. The van der Waals surface area contributed by atoms with E-state index >= 15 is 0 Å². The quantitative estimate of drug-likeness (QED) is 0.783. The van der Waals surface area contributed by atoms with Crippen LogP contribution in [0.1, 0.15) is 16.8 Å². The molecule has 1 heterocycles. The summed E-state index contributed by atoms with van der Waals surface area (Å²) in [6.07, 6.45) is -0.231. The third-order valence-electron chi connectivity index (χ3n) is 3.38. The van der Waals surface area contributed by atoms with Gasteiger partial charge in [-0.05, 0) is 12.1 Å². The van der Waals surface area contributed by atoms with Crippen LogP contribution in [0.3, 0.4) is 0 Å². The van der Waals surface area contributed by atoms with Crippen LogP contribution in [-0.2, 0) is 9.59 Å². The van der Waals surface area contributed by atoms with Gasteiger partial charge in [-0.2, -0.15) is 0 Å². The number of thioether (sulfide) groups is 1. The third kappa shape index (κ3) is 3.38. The number of aliphatic carboxylic acids is 1. The molecule has 1 aromatic carbocycles. The molecule has 1 atom stereocenters. The van der Waals surface area contributed by atoms with Gasteiger partial charge >= 0.3 is 5.97 Å². The molecule has 1 saturated heterocycles. The van der Waals surface area contributed by atoms with Gasteiger partial charge in [0.15, 0.2) is 0 Å². The topological polar surface area (TPSA) is 101 Å². The lowest BCUT2D eigenvalue weighted by Gasteiger charge is -2.19. The van der Waals surface area contributed by atoms with Crippen molar-refractivity contribution < 1.29 is 23.9 Å². The smallest absolute Gasteiger partial charge is 0.343 e. The SMILES string of the molecule is NC(=O)CSc1ccccc1C(=O)N1CCC(F)(C(=O)O)C1. The Morgan fingerprint density at radius 2 is 2.05 bits per heavy atom. The predicted octanol–water partition coefficient (Wildman–Crippen LogP) is 0.903. The summed E-state index contributed by atoms with van der Waals surface area (Å²) in [5.74, 6) is -2.50. The fourth-order valence-electron chi connectivity index (χ4n) is 2.21. The van der Waals surface area contributed by atoms with Gasteiger partial charge in [-0.15, -0.1) is 11.8 Å². The van der Waals surface area contributed by atoms with E-state index in [1.807, 2.05) is 0 Å². The summed E-state index contributed by atoms with van der Waals surface area (Å²) in [5.41, 5.74) is 3.00. The van der Waals surface area contributed by atoms with E-state index in [2.05, 4.69) is 0 Å². The Balaban J connectivity index is 2.17. The van der Waals surface area contributed by atoms with Crippen LogP contribution in [0.4, 0.5) is 4.39 Å². The number of nitrogens with two attached hydrogens (primary N) is 1. The van der Waals surface area contributed by atoms with Gasteiger partial charge in [-0.3, -0.25) is 9.59 Å². The highest BCUT2D eigenvalue weighted by Crippen LogP contribution is 2.29. The molecule has 22 heavy (non-hydrogen) atoms. The second-order valence-electron chi connectivity index (χ2n) is 5.00. The summed E-state index contributed by atoms with van der Waals surface area (Å²) in [6.45, 7) is -0.438. The summed E-state index contributed by atoms with van der Waals surface area (Å²) >= 11 is 1.12. The lowest BCUT2D eigenvalue weighted by atomic mass is 10.1. The average Bonchev–Trinajstić information content (AvgIpc) is 2.88. The minimum Gasteiger partial charge on any atom is -0.479 e. The number of likely N-dealkylation sites (tertiary alicyclic amines) is 1. The molecule has 0 spiro atoms. The van der Waals surface area contributed by atoms with Gasteiger partial charge in [0.1, 0.15) is 0 Å². The van der Waals surface area contributed by atoms with Gasteiger partial charge in [-0.25, -0.2) is 9.18 Å². The van der Waals surface area contributed by atoms with E-state index in [-0.39, 0.29) is 18.7 Å². The predicted molar refractivity (Wildman–Crippen MR) is 78.4 cm³/mol. The van der Waals surface area contributed by atoms with Crippen LogP contribution in [0.25, 0.3) is 0 Å². The Kier molecular flexibility index (Phi) is 4.70. The minimum atomic E-state index is -2.40. The zero-order valence-electron chi connectivity index (χ0n) is 11.6. The van der Waals surface area contributed by atoms with Crippen LogP contribution < -0.4 is 5.73 Å². The van der Waals surface area contributed by atoms with Gasteiger partial charge in [-0.1, -0.05) is 12.1 Å². The minimum absolute atomic E-state index is 0.0203. The monoisotopic (exact) mass is 326 g/mol. The van der Waals surface area contributed by atoms with Crippen molar-refractivity contribution in [2.75, 3.05) is 18.8 Å². The number of alkyl halides is 1. The first-order valence-electron chi connectivity index (χ1n) is 6.55. The first-order chi connectivity index (χ1) is 10.3. The number of hydrogen-bond donors (Lipinski definition) is 2. The number of carbonyl (C=O) groups excluding carboxylic acids is 2. The Hall–Kier alpha value is -2.09. The molecule has 1 fully saturated rings. The Bertz CT molecular complexity index is 625. The number of primary amides is 1. The van der Waals surface area contributed by atoms with Gasteiger partial charge in [0.05, 0.1) is 17.9 Å². The van der Waals surface area contributed by atoms with Crippen molar-refractivity contribution in [2.24, 2.45) is 5.73 Å². The summed E-state index contributed by atoms with van der Waals surface area (Å²) in [4.78, 5) is 36.0. The number of amides is 2. The molecular formula is C14H15FN2O4S. The van der Waals surface area contributed by atoms with Crippen LogP contribution in [0, 0.1) is 0 Å². The number of carboxylic acid groups (broad SMARTS) is 1. The molecule has 1 aromatic rings. The normalized spacial score (nSPS) is 20.9. The maximum atomic E-state index is 14.1. The zero-order chi connectivity index (χ0) is 16.3. The van der Waals surface area contributed by atoms with Crippen LogP contribution >= 0.6 is 11.8 Å². The van der Waals surface area contributed by atoms with Crippen molar-refractivity contribution in [3.8, 4) is 0 Å². The largest absolute Gasteiger partial charge is 0.479 e. The van der Waals surface area contributed by atoms with Crippen LogP contribution in [0.5, 0.6) is 0 Å². The molecule has 3 N–H and O–H groups in total. The summed E-state index contributed by atoms with van der Waals surface area (Å²) in [7, 11) is 0. The fourth-order valence-corrected chi connectivity index (χ4v) is 2.99. The molecule has 2 amide bonds. The number of benzene rings is 1. The number of carboxylic acids is 1. The highest BCUT2D eigenvalue weighted by Gasteiger charge is 2.47. The van der Waals surface area contributed by atoms with Crippen molar-refractivity contribution in [3.05, 3.63) is 29.8 Å². The van der Waals surface area contributed by atoms with Crippen molar-refractivity contribution in [3.63, 3.8) is 0 Å². The highest BCUT2D eigenvalue weighted by molar-refractivity contribution is 8.00. The van der Waals surface area contributed by atoms with E-state index in [1.54, 1.807) is 24.3 Å². The lowest BCUT2D eigenvalue weighted by molar-refractivity contribution is -0.149. The van der Waals surface area contributed by atoms with Gasteiger partial charge in [0, 0.05) is 17.9 Å². The molecule has 0 bridgehead atoms. The molecule has 6 nitrogen and oxygen atoms in total. The van der Waals surface area contributed by atoms with Crippen molar-refractivity contribution in [1.29, 1.82) is 0 Å². The molecule has 1 aliphatic heterocycles. The second kappa shape index (κ2) is 6.35. The molecule has 118 valence electrons. The van der Waals surface area contributed by atoms with Gasteiger partial charge in [0.2, 0.25) is 11.6 Å². The molecule has 8 heteroatoms. The summed E-state index contributed by atoms with van der Waals surface area (Å²) < 4.78 is 14.1. The van der Waals surface area contributed by atoms with Crippen molar-refractivity contribution in [1.82, 2.24) is 4.90 Å². The van der Waals surface area contributed by atoms with Gasteiger partial charge < -0.3 is 15.7 Å². The first-order valence-corrected chi connectivity index (χ1v) is 7.54. The molecule has 2 rings (SSSR count). The standard InChI is InChI=1S/C14H15FN2O4S/c15-14(13(20)21)5-6-17(8-14)12(19)9-3-1-2-4-10(9)22-7-11(16)18/h1-4H,5-8H2,(H2,16,18)(H,20,21). The number of carbonyl (C=O) groups is 3. The van der Waals surface area contributed by atoms with Crippen LogP contribution in [0.15, 0.2) is 29.2 Å². The molecule has 0 saturated carbocycles. The Morgan fingerprint density at radius 1 is 1.36 bits per heavy atom. The number of nitrogens with zero attached hydrogens (tertiary/aromatic N) is 1. The van der Waals surface area contributed by atoms with Gasteiger partial charge in [0.25, 0.3) is 5.91 Å². The van der Waals surface area contributed by atoms with E-state index in [4.69, 9.17) is 10.8 Å². The van der Waals surface area contributed by atoms with Crippen molar-refractivity contribution in [2.45, 2.75) is 17.0 Å².